The van der Waals surface area contributed by atoms with Crippen molar-refractivity contribution in [2.45, 2.75) is 6.18 Å². The van der Waals surface area contributed by atoms with Gasteiger partial charge in [0.05, 0.1) is 5.52 Å². The smallest absolute Gasteiger partial charge is 0.366 e. The molecule has 0 saturated heterocycles. The van der Waals surface area contributed by atoms with E-state index in [1.807, 2.05) is 0 Å². The molecule has 6 heteroatoms. The molecule has 0 radical (unpaired) electrons. The summed E-state index contributed by atoms with van der Waals surface area (Å²) >= 11 is 0. The van der Waals surface area contributed by atoms with Gasteiger partial charge >= 0.3 is 6.18 Å². The number of fused-ring (bicyclic) bond motifs is 1. The summed E-state index contributed by atoms with van der Waals surface area (Å²) in [7, 11) is 0. The van der Waals surface area contributed by atoms with Crippen molar-refractivity contribution in [2.75, 3.05) is 0 Å². The molecule has 0 atom stereocenters. The molecule has 0 aliphatic heterocycles. The third kappa shape index (κ3) is 2.20. The Morgan fingerprint density at radius 3 is 2.47 bits per heavy atom. The van der Waals surface area contributed by atoms with Crippen LogP contribution in [0.5, 0.6) is 0 Å². The number of carbonyl (C=O) groups is 1. The van der Waals surface area contributed by atoms with Crippen molar-refractivity contribution in [1.29, 1.82) is 0 Å². The highest BCUT2D eigenvalue weighted by Gasteiger charge is 2.32. The molecule has 0 aliphatic rings. The number of alkyl halides is 3. The van der Waals surface area contributed by atoms with E-state index in [0.29, 0.717) is 5.39 Å². The predicted octanol–water partition coefficient (Wildman–Crippen LogP) is 2.35. The van der Waals surface area contributed by atoms with E-state index < -0.39 is 17.8 Å². The van der Waals surface area contributed by atoms with Gasteiger partial charge < -0.3 is 5.73 Å². The summed E-state index contributed by atoms with van der Waals surface area (Å²) in [6, 6.07) is 6.22. The Kier molecular flexibility index (Phi) is 2.49. The number of hydrogen-bond acceptors (Lipinski definition) is 2. The van der Waals surface area contributed by atoms with E-state index in [1.54, 1.807) is 0 Å². The number of halogens is 3. The van der Waals surface area contributed by atoms with Crippen molar-refractivity contribution in [3.63, 3.8) is 0 Å². The topological polar surface area (TPSA) is 56.0 Å². The number of rotatable bonds is 1. The molecule has 1 heterocycles. The lowest BCUT2D eigenvalue weighted by molar-refractivity contribution is -0.140. The van der Waals surface area contributed by atoms with Crippen molar-refractivity contribution in [1.82, 2.24) is 4.98 Å². The van der Waals surface area contributed by atoms with Gasteiger partial charge in [-0.2, -0.15) is 13.2 Å². The molecule has 0 bridgehead atoms. The first kappa shape index (κ1) is 11.4. The van der Waals surface area contributed by atoms with Crippen LogP contribution in [0.3, 0.4) is 0 Å². The molecule has 1 aromatic heterocycles. The van der Waals surface area contributed by atoms with Gasteiger partial charge in [-0.05, 0) is 24.3 Å². The second-order valence-corrected chi connectivity index (χ2v) is 3.47. The van der Waals surface area contributed by atoms with Crippen LogP contribution in [0.1, 0.15) is 16.1 Å². The minimum Gasteiger partial charge on any atom is -0.366 e. The van der Waals surface area contributed by atoms with E-state index in [2.05, 4.69) is 4.98 Å². The summed E-state index contributed by atoms with van der Waals surface area (Å²) in [5.74, 6) is -0.633. The largest absolute Gasteiger partial charge is 0.433 e. The maximum absolute atomic E-state index is 12.4. The first-order valence-corrected chi connectivity index (χ1v) is 4.66. The zero-order chi connectivity index (χ0) is 12.6. The van der Waals surface area contributed by atoms with E-state index in [4.69, 9.17) is 5.73 Å². The molecule has 0 fully saturated rings. The summed E-state index contributed by atoms with van der Waals surface area (Å²) in [5.41, 5.74) is 4.51. The highest BCUT2D eigenvalue weighted by atomic mass is 19.4. The van der Waals surface area contributed by atoms with E-state index in [1.165, 1.54) is 24.3 Å². The molecule has 0 saturated carbocycles. The maximum atomic E-state index is 12.4. The molecule has 1 aromatic carbocycles. The molecule has 0 aliphatic carbocycles. The van der Waals surface area contributed by atoms with Gasteiger partial charge in [0.2, 0.25) is 5.91 Å². The maximum Gasteiger partial charge on any atom is 0.433 e. The molecular formula is C11H7F3N2O. The first-order valence-electron chi connectivity index (χ1n) is 4.66. The average molecular weight is 240 g/mol. The zero-order valence-corrected chi connectivity index (χ0v) is 8.45. The Hall–Kier alpha value is -2.11. The fraction of sp³-hybridized carbons (Fsp3) is 0.0909. The summed E-state index contributed by atoms with van der Waals surface area (Å²) in [4.78, 5) is 14.4. The minimum atomic E-state index is -4.48. The molecule has 17 heavy (non-hydrogen) atoms. The van der Waals surface area contributed by atoms with E-state index in [-0.39, 0.29) is 11.1 Å². The number of benzene rings is 1. The van der Waals surface area contributed by atoms with Crippen molar-refractivity contribution in [3.05, 3.63) is 41.6 Å². The SMILES string of the molecule is NC(=O)c1ccc2nc(C(F)(F)F)ccc2c1. The molecule has 1 amide bonds. The van der Waals surface area contributed by atoms with Gasteiger partial charge in [-0.3, -0.25) is 4.79 Å². The summed E-state index contributed by atoms with van der Waals surface area (Å²) in [5, 5.41) is 0.439. The Balaban J connectivity index is 2.58. The summed E-state index contributed by atoms with van der Waals surface area (Å²) < 4.78 is 37.2. The minimum absolute atomic E-state index is 0.171. The van der Waals surface area contributed by atoms with E-state index in [9.17, 15) is 18.0 Å². The van der Waals surface area contributed by atoms with E-state index >= 15 is 0 Å². The number of amides is 1. The van der Waals surface area contributed by atoms with Crippen LogP contribution in [-0.4, -0.2) is 10.9 Å². The lowest BCUT2D eigenvalue weighted by Gasteiger charge is -2.06. The van der Waals surface area contributed by atoms with Crippen LogP contribution in [0.25, 0.3) is 10.9 Å². The van der Waals surface area contributed by atoms with Crippen LogP contribution >= 0.6 is 0 Å². The van der Waals surface area contributed by atoms with Gasteiger partial charge in [0, 0.05) is 10.9 Å². The van der Waals surface area contributed by atoms with Gasteiger partial charge in [-0.25, -0.2) is 4.98 Å². The molecule has 3 nitrogen and oxygen atoms in total. The van der Waals surface area contributed by atoms with Crippen LogP contribution in [-0.2, 0) is 6.18 Å². The van der Waals surface area contributed by atoms with Crippen LogP contribution < -0.4 is 5.73 Å². The van der Waals surface area contributed by atoms with Gasteiger partial charge in [-0.15, -0.1) is 0 Å². The van der Waals surface area contributed by atoms with Crippen molar-refractivity contribution >= 4 is 16.8 Å². The Labute approximate surface area is 94.1 Å². The van der Waals surface area contributed by atoms with Crippen LogP contribution in [0.15, 0.2) is 30.3 Å². The molecular weight excluding hydrogens is 233 g/mol. The monoisotopic (exact) mass is 240 g/mol. The Morgan fingerprint density at radius 1 is 1.18 bits per heavy atom. The number of nitrogens with zero attached hydrogens (tertiary/aromatic N) is 1. The number of carbonyl (C=O) groups excluding carboxylic acids is 1. The Bertz CT molecular complexity index is 593. The van der Waals surface area contributed by atoms with Crippen LogP contribution in [0, 0.1) is 0 Å². The summed E-state index contributed by atoms with van der Waals surface area (Å²) in [6.45, 7) is 0. The lowest BCUT2D eigenvalue weighted by atomic mass is 10.1. The molecule has 2 rings (SSSR count). The molecule has 0 spiro atoms. The predicted molar refractivity (Wildman–Crippen MR) is 55.3 cm³/mol. The van der Waals surface area contributed by atoms with Gasteiger partial charge in [0.25, 0.3) is 0 Å². The fourth-order valence-electron chi connectivity index (χ4n) is 1.44. The second kappa shape index (κ2) is 3.73. The molecule has 0 unspecified atom stereocenters. The number of primary amides is 1. The molecule has 2 N–H and O–H groups in total. The number of pyridine rings is 1. The van der Waals surface area contributed by atoms with Gasteiger partial charge in [0.1, 0.15) is 5.69 Å². The summed E-state index contributed by atoms with van der Waals surface area (Å²) in [6.07, 6.45) is -4.48. The normalized spacial score (nSPS) is 11.7. The third-order valence-corrected chi connectivity index (χ3v) is 2.26. The number of nitrogens with two attached hydrogens (primary N) is 1. The van der Waals surface area contributed by atoms with Crippen LogP contribution in [0.4, 0.5) is 13.2 Å². The van der Waals surface area contributed by atoms with Gasteiger partial charge in [-0.1, -0.05) is 6.07 Å². The zero-order valence-electron chi connectivity index (χ0n) is 8.45. The second-order valence-electron chi connectivity index (χ2n) is 3.47. The van der Waals surface area contributed by atoms with Crippen molar-refractivity contribution in [2.24, 2.45) is 5.73 Å². The molecule has 88 valence electrons. The number of hydrogen-bond donors (Lipinski definition) is 1. The van der Waals surface area contributed by atoms with Crippen LogP contribution in [0.2, 0.25) is 0 Å². The fourth-order valence-corrected chi connectivity index (χ4v) is 1.44. The van der Waals surface area contributed by atoms with Crippen molar-refractivity contribution < 1.29 is 18.0 Å². The van der Waals surface area contributed by atoms with Crippen molar-refractivity contribution in [3.8, 4) is 0 Å². The Morgan fingerprint density at radius 2 is 1.88 bits per heavy atom. The lowest BCUT2D eigenvalue weighted by Crippen LogP contribution is -2.11. The highest BCUT2D eigenvalue weighted by Crippen LogP contribution is 2.29. The first-order chi connectivity index (χ1) is 7.88. The standard InChI is InChI=1S/C11H7F3N2O/c12-11(13,14)9-4-2-6-5-7(10(15)17)1-3-8(6)16-9/h1-5H,(H2,15,17). The molecule has 2 aromatic rings. The average Bonchev–Trinajstić information content (AvgIpc) is 2.26. The highest BCUT2D eigenvalue weighted by molar-refractivity contribution is 5.96. The third-order valence-electron chi connectivity index (χ3n) is 2.26. The van der Waals surface area contributed by atoms with E-state index in [0.717, 1.165) is 6.07 Å². The number of aromatic nitrogens is 1. The van der Waals surface area contributed by atoms with Gasteiger partial charge in [0.15, 0.2) is 0 Å². The quantitative estimate of drug-likeness (QED) is 0.831.